The number of nitrogens with one attached hydrogen (secondary N) is 1. The molecule has 0 aliphatic rings. The highest BCUT2D eigenvalue weighted by Crippen LogP contribution is 2.37. The number of hydrogen-bond donors (Lipinski definition) is 1. The first kappa shape index (κ1) is 22.6. The highest BCUT2D eigenvalue weighted by Gasteiger charge is 2.21. The first-order chi connectivity index (χ1) is 15.7. The van der Waals surface area contributed by atoms with E-state index >= 15 is 0 Å². The van der Waals surface area contributed by atoms with Gasteiger partial charge in [0.2, 0.25) is 5.91 Å². The summed E-state index contributed by atoms with van der Waals surface area (Å²) in [6, 6.07) is 8.12. The predicted octanol–water partition coefficient (Wildman–Crippen LogP) is 3.66. The molecule has 0 aliphatic heterocycles. The van der Waals surface area contributed by atoms with Crippen LogP contribution >= 0.6 is 11.6 Å². The Bertz CT molecular complexity index is 1450. The zero-order valence-corrected chi connectivity index (χ0v) is 19.0. The number of amides is 1. The molecule has 0 aliphatic carbocycles. The lowest BCUT2D eigenvalue weighted by atomic mass is 9.97. The highest BCUT2D eigenvalue weighted by atomic mass is 35.5. The minimum Gasteiger partial charge on any atom is -0.548 e. The van der Waals surface area contributed by atoms with E-state index in [1.165, 1.54) is 0 Å². The molecule has 33 heavy (non-hydrogen) atoms. The molecule has 0 saturated heterocycles. The zero-order valence-electron chi connectivity index (χ0n) is 18.3. The van der Waals surface area contributed by atoms with E-state index in [0.717, 1.165) is 16.5 Å². The number of aryl methyl sites for hydroxylation is 2. The van der Waals surface area contributed by atoms with Crippen molar-refractivity contribution < 1.29 is 23.5 Å². The van der Waals surface area contributed by atoms with Gasteiger partial charge in [-0.1, -0.05) is 30.7 Å². The maximum Gasteiger partial charge on any atom is 0.340 e. The number of benzene rings is 2. The molecule has 1 N–H and O–H groups in total. The molecule has 1 amide bonds. The zero-order chi connectivity index (χ0) is 23.9. The number of aliphatic carboxylic acids is 1. The molecule has 1 atom stereocenters. The van der Waals surface area contributed by atoms with Crippen LogP contribution < -0.4 is 16.0 Å². The molecule has 0 spiro atoms. The van der Waals surface area contributed by atoms with Crippen LogP contribution in [0.25, 0.3) is 33.1 Å². The predicted molar refractivity (Wildman–Crippen MR) is 123 cm³/mol. The van der Waals surface area contributed by atoms with Crippen molar-refractivity contribution in [3.63, 3.8) is 0 Å². The SMILES string of the molecule is CC[C@@H](NC(=O)Cc1c(C)c2cc3c(-c4ccc(Cl)cc4)coc3c(C)c2oc1=O)C(=O)[O-]. The third-order valence-electron chi connectivity index (χ3n) is 5.86. The van der Waals surface area contributed by atoms with Crippen LogP contribution in [0.1, 0.15) is 30.0 Å². The van der Waals surface area contributed by atoms with E-state index in [2.05, 4.69) is 5.32 Å². The second-order valence-corrected chi connectivity index (χ2v) is 8.36. The van der Waals surface area contributed by atoms with Crippen LogP contribution in [0.2, 0.25) is 5.02 Å². The quantitative estimate of drug-likeness (QED) is 0.434. The molecule has 170 valence electrons. The van der Waals surface area contributed by atoms with Gasteiger partial charge in [-0.05, 0) is 49.6 Å². The van der Waals surface area contributed by atoms with Gasteiger partial charge in [-0.25, -0.2) is 4.79 Å². The third-order valence-corrected chi connectivity index (χ3v) is 6.11. The molecule has 8 heteroatoms. The van der Waals surface area contributed by atoms with Crippen LogP contribution in [0.15, 0.2) is 50.2 Å². The second kappa shape index (κ2) is 8.75. The first-order valence-corrected chi connectivity index (χ1v) is 10.8. The van der Waals surface area contributed by atoms with Crippen LogP contribution in [0.3, 0.4) is 0 Å². The first-order valence-electron chi connectivity index (χ1n) is 10.4. The number of hydrogen-bond acceptors (Lipinski definition) is 6. The van der Waals surface area contributed by atoms with Gasteiger partial charge in [0.1, 0.15) is 11.2 Å². The van der Waals surface area contributed by atoms with E-state index in [1.54, 1.807) is 39.2 Å². The number of fused-ring (bicyclic) bond motifs is 2. The Morgan fingerprint density at radius 3 is 2.42 bits per heavy atom. The number of furan rings is 1. The molecular weight excluding hydrogens is 446 g/mol. The number of halogens is 1. The molecular formula is C25H21ClNO6-. The summed E-state index contributed by atoms with van der Waals surface area (Å²) < 4.78 is 11.4. The fourth-order valence-electron chi connectivity index (χ4n) is 3.99. The number of carbonyl (C=O) groups is 2. The third kappa shape index (κ3) is 4.12. The number of rotatable bonds is 6. The molecule has 0 fully saturated rings. The van der Waals surface area contributed by atoms with Crippen molar-refractivity contribution in [2.24, 2.45) is 0 Å². The van der Waals surface area contributed by atoms with E-state index in [9.17, 15) is 19.5 Å². The fraction of sp³-hybridized carbons (Fsp3) is 0.240. The van der Waals surface area contributed by atoms with Gasteiger partial charge in [-0.15, -0.1) is 0 Å². The van der Waals surface area contributed by atoms with Crippen LogP contribution in [0.4, 0.5) is 0 Å². The summed E-state index contributed by atoms with van der Waals surface area (Å²) in [5, 5.41) is 15.6. The summed E-state index contributed by atoms with van der Waals surface area (Å²) in [6.45, 7) is 5.17. The minimum atomic E-state index is -1.37. The summed E-state index contributed by atoms with van der Waals surface area (Å²) in [5.41, 5.74) is 3.53. The van der Waals surface area contributed by atoms with E-state index in [0.29, 0.717) is 32.7 Å². The molecule has 0 unspecified atom stereocenters. The largest absolute Gasteiger partial charge is 0.548 e. The summed E-state index contributed by atoms with van der Waals surface area (Å²) >= 11 is 6.01. The van der Waals surface area contributed by atoms with Crippen LogP contribution in [0, 0.1) is 13.8 Å². The second-order valence-electron chi connectivity index (χ2n) is 7.93. The van der Waals surface area contributed by atoms with Gasteiger partial charge in [0.25, 0.3) is 0 Å². The van der Waals surface area contributed by atoms with Crippen molar-refractivity contribution in [3.8, 4) is 11.1 Å². The average molecular weight is 467 g/mol. The van der Waals surface area contributed by atoms with E-state index < -0.39 is 23.5 Å². The summed E-state index contributed by atoms with van der Waals surface area (Å²) in [5.74, 6) is -1.97. The van der Waals surface area contributed by atoms with E-state index in [4.69, 9.17) is 20.4 Å². The molecule has 0 bridgehead atoms. The number of carboxylic acids is 1. The van der Waals surface area contributed by atoms with Crippen LogP contribution in [-0.2, 0) is 16.0 Å². The van der Waals surface area contributed by atoms with Gasteiger partial charge < -0.3 is 24.1 Å². The highest BCUT2D eigenvalue weighted by molar-refractivity contribution is 6.30. The van der Waals surface area contributed by atoms with Gasteiger partial charge in [-0.3, -0.25) is 4.79 Å². The Labute approximate surface area is 194 Å². The molecule has 4 aromatic rings. The van der Waals surface area contributed by atoms with Gasteiger partial charge >= 0.3 is 5.63 Å². The number of carboxylic acid groups (broad SMARTS) is 1. The number of carbonyl (C=O) groups excluding carboxylic acids is 2. The van der Waals surface area contributed by atoms with Crippen molar-refractivity contribution in [3.05, 3.63) is 68.7 Å². The standard InChI is InChI=1S/C25H22ClNO6/c1-4-20(24(29)30)27-21(28)10-17-12(2)16-9-18-19(14-5-7-15(26)8-6-14)11-32-22(18)13(3)23(16)33-25(17)31/h5-9,11,20H,4,10H2,1-3H3,(H,27,28)(H,29,30)/p-1/t20-/m1/s1. The van der Waals surface area contributed by atoms with E-state index in [-0.39, 0.29) is 18.4 Å². The lowest BCUT2D eigenvalue weighted by Crippen LogP contribution is -2.48. The van der Waals surface area contributed by atoms with Crippen LogP contribution in [-0.4, -0.2) is 17.9 Å². The molecule has 2 aromatic heterocycles. The smallest absolute Gasteiger partial charge is 0.340 e. The molecule has 2 aromatic carbocycles. The fourth-order valence-corrected chi connectivity index (χ4v) is 4.11. The van der Waals surface area contributed by atoms with Crippen molar-refractivity contribution in [2.45, 2.75) is 39.7 Å². The van der Waals surface area contributed by atoms with Crippen molar-refractivity contribution >= 4 is 45.4 Å². The summed E-state index contributed by atoms with van der Waals surface area (Å²) in [4.78, 5) is 36.2. The van der Waals surface area contributed by atoms with Crippen molar-refractivity contribution in [1.82, 2.24) is 5.32 Å². The topological polar surface area (TPSA) is 113 Å². The maximum absolute atomic E-state index is 12.7. The lowest BCUT2D eigenvalue weighted by Gasteiger charge is -2.18. The molecule has 0 saturated carbocycles. The Hall–Kier alpha value is -3.58. The Morgan fingerprint density at radius 2 is 1.79 bits per heavy atom. The Balaban J connectivity index is 1.83. The summed E-state index contributed by atoms with van der Waals surface area (Å²) in [6.07, 6.45) is 1.51. The lowest BCUT2D eigenvalue weighted by molar-refractivity contribution is -0.308. The molecule has 4 rings (SSSR count). The van der Waals surface area contributed by atoms with Gasteiger partial charge in [0.15, 0.2) is 0 Å². The minimum absolute atomic E-state index is 0.170. The molecule has 0 radical (unpaired) electrons. The van der Waals surface area contributed by atoms with Gasteiger partial charge in [0.05, 0.1) is 30.3 Å². The monoisotopic (exact) mass is 466 g/mol. The summed E-state index contributed by atoms with van der Waals surface area (Å²) in [7, 11) is 0. The Morgan fingerprint density at radius 1 is 1.09 bits per heavy atom. The Kier molecular flexibility index (Phi) is 5.99. The average Bonchev–Trinajstić information content (AvgIpc) is 3.20. The normalized spacial score (nSPS) is 12.2. The maximum atomic E-state index is 12.7. The van der Waals surface area contributed by atoms with Crippen LogP contribution in [0.5, 0.6) is 0 Å². The molecule has 2 heterocycles. The molecule has 7 nitrogen and oxygen atoms in total. The van der Waals surface area contributed by atoms with Gasteiger partial charge in [-0.2, -0.15) is 0 Å². The van der Waals surface area contributed by atoms with Crippen molar-refractivity contribution in [2.75, 3.05) is 0 Å². The van der Waals surface area contributed by atoms with Gasteiger partial charge in [0, 0.05) is 26.9 Å². The van der Waals surface area contributed by atoms with E-state index in [1.807, 2.05) is 18.2 Å². The van der Waals surface area contributed by atoms with Crippen molar-refractivity contribution in [1.29, 1.82) is 0 Å².